The zero-order chi connectivity index (χ0) is 8.97. The third-order valence-corrected chi connectivity index (χ3v) is 2.53. The predicted octanol–water partition coefficient (Wildman–Crippen LogP) is -2.55. The quantitative estimate of drug-likeness (QED) is 0.374. The van der Waals surface area contributed by atoms with Crippen molar-refractivity contribution in [2.45, 2.75) is 25.7 Å². The van der Waals surface area contributed by atoms with E-state index in [-0.39, 0.29) is 41.8 Å². The molecule has 0 bridgehead atoms. The van der Waals surface area contributed by atoms with Crippen LogP contribution in [0, 0.1) is 0 Å². The molecule has 4 nitrogen and oxygen atoms in total. The van der Waals surface area contributed by atoms with Gasteiger partial charge in [0.15, 0.2) is 0 Å². The molecular weight excluding hydrogens is 200 g/mol. The van der Waals surface area contributed by atoms with Crippen molar-refractivity contribution in [3.63, 3.8) is 0 Å². The van der Waals surface area contributed by atoms with Gasteiger partial charge in [-0.15, -0.1) is 0 Å². The molecular formula is C7H12NNaO3P+. The Morgan fingerprint density at radius 2 is 2.08 bits per heavy atom. The molecule has 1 fully saturated rings. The second kappa shape index (κ2) is 6.91. The Morgan fingerprint density at radius 3 is 2.69 bits per heavy atom. The molecule has 1 saturated heterocycles. The first kappa shape index (κ1) is 13.5. The van der Waals surface area contributed by atoms with Crippen LogP contribution in [0.15, 0.2) is 0 Å². The van der Waals surface area contributed by atoms with Crippen LogP contribution in [0.3, 0.4) is 0 Å². The molecule has 68 valence electrons. The maximum Gasteiger partial charge on any atom is 1.00 e. The van der Waals surface area contributed by atoms with Gasteiger partial charge in [-0.05, 0) is 12.8 Å². The molecule has 1 amide bonds. The van der Waals surface area contributed by atoms with E-state index in [1.165, 1.54) is 4.90 Å². The van der Waals surface area contributed by atoms with Gasteiger partial charge in [0, 0.05) is 13.0 Å². The number of hydrogen-bond donors (Lipinski definition) is 0. The van der Waals surface area contributed by atoms with Gasteiger partial charge in [-0.25, -0.2) is 0 Å². The standard InChI is InChI=1S/C7H12NO3P.Na/c9-7-4-2-1-3-5-8(7)6-12(10)11;/h1-6H2;/q;+1. The first-order chi connectivity index (χ1) is 5.70. The summed E-state index contributed by atoms with van der Waals surface area (Å²) in [6.45, 7) is 0.599. The molecule has 0 N–H and O–H groups in total. The van der Waals surface area contributed by atoms with Crippen molar-refractivity contribution < 1.29 is 43.8 Å². The van der Waals surface area contributed by atoms with E-state index in [4.69, 9.17) is 0 Å². The van der Waals surface area contributed by atoms with Gasteiger partial charge in [0.2, 0.25) is 12.2 Å². The summed E-state index contributed by atoms with van der Waals surface area (Å²) in [6, 6.07) is 0. The minimum absolute atomic E-state index is 0. The van der Waals surface area contributed by atoms with Crippen LogP contribution in [-0.4, -0.2) is 23.6 Å². The Morgan fingerprint density at radius 1 is 1.38 bits per heavy atom. The SMILES string of the molecule is O=C1CCCCCN1C[P+](=O)[O-].[Na+]. The molecule has 0 aromatic heterocycles. The molecule has 0 aliphatic carbocycles. The molecule has 1 heterocycles. The number of amides is 1. The average Bonchev–Trinajstić information content (AvgIpc) is 2.16. The zero-order valence-corrected chi connectivity index (χ0v) is 10.8. The molecule has 1 aliphatic heterocycles. The molecule has 13 heavy (non-hydrogen) atoms. The fourth-order valence-corrected chi connectivity index (χ4v) is 1.91. The van der Waals surface area contributed by atoms with Crippen molar-refractivity contribution in [2.75, 3.05) is 12.8 Å². The smallest absolute Gasteiger partial charge is 0.594 e. The minimum Gasteiger partial charge on any atom is -0.594 e. The molecule has 1 rings (SSSR count). The van der Waals surface area contributed by atoms with Crippen molar-refractivity contribution in [1.29, 1.82) is 0 Å². The molecule has 6 heteroatoms. The van der Waals surface area contributed by atoms with Gasteiger partial charge < -0.3 is 9.79 Å². The molecule has 1 unspecified atom stereocenters. The molecule has 1 aliphatic rings. The summed E-state index contributed by atoms with van der Waals surface area (Å²) in [7, 11) is -2.46. The van der Waals surface area contributed by atoms with E-state index in [0.717, 1.165) is 19.3 Å². The first-order valence-corrected chi connectivity index (χ1v) is 5.46. The predicted molar refractivity (Wildman–Crippen MR) is 42.7 cm³/mol. The summed E-state index contributed by atoms with van der Waals surface area (Å²) in [5.41, 5.74) is 0. The van der Waals surface area contributed by atoms with Gasteiger partial charge in [0.25, 0.3) is 0 Å². The maximum atomic E-state index is 11.2. The summed E-state index contributed by atoms with van der Waals surface area (Å²) in [5.74, 6) is -0.0216. The Balaban J connectivity index is 0.00000144. The van der Waals surface area contributed by atoms with E-state index < -0.39 is 8.03 Å². The normalized spacial score (nSPS) is 19.0. The summed E-state index contributed by atoms with van der Waals surface area (Å²) in [6.07, 6.45) is 3.25. The Bertz CT molecular complexity index is 200. The Labute approximate surface area is 101 Å². The van der Waals surface area contributed by atoms with Crippen molar-refractivity contribution in [3.8, 4) is 0 Å². The number of hydrogen-bond acceptors (Lipinski definition) is 3. The molecule has 0 aromatic carbocycles. The first-order valence-electron chi connectivity index (χ1n) is 4.10. The van der Waals surface area contributed by atoms with Gasteiger partial charge in [-0.3, -0.25) is 4.79 Å². The van der Waals surface area contributed by atoms with E-state index in [1.54, 1.807) is 0 Å². The number of rotatable bonds is 2. The Hall–Kier alpha value is 0.530. The fourth-order valence-electron chi connectivity index (χ4n) is 1.33. The molecule has 0 aromatic rings. The van der Waals surface area contributed by atoms with Crippen LogP contribution < -0.4 is 34.5 Å². The van der Waals surface area contributed by atoms with Gasteiger partial charge in [-0.1, -0.05) is 11.0 Å². The fraction of sp³-hybridized carbons (Fsp3) is 0.857. The molecule has 0 saturated carbocycles. The van der Waals surface area contributed by atoms with E-state index >= 15 is 0 Å². The second-order valence-electron chi connectivity index (χ2n) is 2.94. The molecule has 0 spiro atoms. The van der Waals surface area contributed by atoms with Crippen molar-refractivity contribution in [1.82, 2.24) is 4.90 Å². The summed E-state index contributed by atoms with van der Waals surface area (Å²) in [4.78, 5) is 23.0. The van der Waals surface area contributed by atoms with Crippen LogP contribution >= 0.6 is 8.03 Å². The summed E-state index contributed by atoms with van der Waals surface area (Å²) < 4.78 is 10.4. The third kappa shape index (κ3) is 5.08. The van der Waals surface area contributed by atoms with Crippen molar-refractivity contribution in [2.24, 2.45) is 0 Å². The largest absolute Gasteiger partial charge is 1.00 e. The monoisotopic (exact) mass is 212 g/mol. The van der Waals surface area contributed by atoms with E-state index in [2.05, 4.69) is 0 Å². The number of likely N-dealkylation sites (tertiary alicyclic amines) is 1. The van der Waals surface area contributed by atoms with Crippen LogP contribution in [-0.2, 0) is 9.36 Å². The van der Waals surface area contributed by atoms with E-state index in [9.17, 15) is 14.3 Å². The van der Waals surface area contributed by atoms with Crippen LogP contribution in [0.2, 0.25) is 0 Å². The second-order valence-corrected chi connectivity index (χ2v) is 3.89. The average molecular weight is 212 g/mol. The third-order valence-electron chi connectivity index (χ3n) is 1.96. The number of carbonyl (C=O) groups is 1. The minimum atomic E-state index is -2.46. The van der Waals surface area contributed by atoms with Gasteiger partial charge >= 0.3 is 37.6 Å². The number of carbonyl (C=O) groups excluding carboxylic acids is 1. The van der Waals surface area contributed by atoms with E-state index in [1.807, 2.05) is 0 Å². The van der Waals surface area contributed by atoms with Crippen molar-refractivity contribution in [3.05, 3.63) is 0 Å². The Kier molecular flexibility index (Phi) is 7.19. The maximum absolute atomic E-state index is 11.2. The van der Waals surface area contributed by atoms with Crippen LogP contribution in [0.1, 0.15) is 25.7 Å². The molecule has 0 radical (unpaired) electrons. The van der Waals surface area contributed by atoms with Gasteiger partial charge in [-0.2, -0.15) is 0 Å². The topological polar surface area (TPSA) is 60.4 Å². The van der Waals surface area contributed by atoms with Crippen LogP contribution in [0.4, 0.5) is 0 Å². The van der Waals surface area contributed by atoms with Crippen LogP contribution in [0.5, 0.6) is 0 Å². The summed E-state index contributed by atoms with van der Waals surface area (Å²) in [5, 5.41) is 0. The summed E-state index contributed by atoms with van der Waals surface area (Å²) >= 11 is 0. The van der Waals surface area contributed by atoms with E-state index in [0.29, 0.717) is 13.0 Å². The zero-order valence-electron chi connectivity index (χ0n) is 7.86. The van der Waals surface area contributed by atoms with Crippen molar-refractivity contribution >= 4 is 13.9 Å². The van der Waals surface area contributed by atoms with Gasteiger partial charge in [0.05, 0.1) is 0 Å². The van der Waals surface area contributed by atoms with Crippen LogP contribution in [0.25, 0.3) is 0 Å². The number of nitrogens with zero attached hydrogens (tertiary/aromatic N) is 1. The molecule has 1 atom stereocenters. The van der Waals surface area contributed by atoms with Gasteiger partial charge in [0.1, 0.15) is 0 Å².